The molecule has 0 aliphatic carbocycles. The number of carbonyl (C=O) groups is 1. The van der Waals surface area contributed by atoms with E-state index < -0.39 is 24.4 Å². The van der Waals surface area contributed by atoms with Gasteiger partial charge in [-0.25, -0.2) is 27.5 Å². The molecule has 4 rings (SSSR count). The fourth-order valence-corrected chi connectivity index (χ4v) is 4.24. The summed E-state index contributed by atoms with van der Waals surface area (Å²) in [4.78, 5) is 24.8. The number of hydrogen-bond acceptors (Lipinski definition) is 7. The van der Waals surface area contributed by atoms with Gasteiger partial charge in [0.25, 0.3) is 18.8 Å². The molecule has 188 valence electrons. The average molecular weight is 494 g/mol. The van der Waals surface area contributed by atoms with Crippen molar-refractivity contribution in [3.8, 4) is 5.75 Å². The lowest BCUT2D eigenvalue weighted by molar-refractivity contribution is -0.111. The Balaban J connectivity index is 1.63. The molecule has 35 heavy (non-hydrogen) atoms. The van der Waals surface area contributed by atoms with Crippen molar-refractivity contribution < 1.29 is 27.1 Å². The van der Waals surface area contributed by atoms with Gasteiger partial charge in [0.05, 0.1) is 23.5 Å². The van der Waals surface area contributed by atoms with Crippen LogP contribution in [0.1, 0.15) is 18.3 Å². The van der Waals surface area contributed by atoms with Gasteiger partial charge >= 0.3 is 0 Å². The molecule has 0 radical (unpaired) electrons. The molecule has 1 unspecified atom stereocenters. The smallest absolute Gasteiger partial charge is 0.277 e. The zero-order valence-electron chi connectivity index (χ0n) is 19.1. The number of nitrogens with two attached hydrogens (primary N) is 1. The number of aromatic nitrogens is 2. The van der Waals surface area contributed by atoms with Crippen LogP contribution in [0.15, 0.2) is 36.8 Å². The van der Waals surface area contributed by atoms with Crippen LogP contribution in [0.25, 0.3) is 5.57 Å². The quantitative estimate of drug-likeness (QED) is 0.451. The summed E-state index contributed by atoms with van der Waals surface area (Å²) in [5.74, 6) is -0.145. The number of nitrogens with one attached hydrogen (secondary N) is 1. The number of benzene rings is 1. The molecule has 0 spiro atoms. The Labute approximate surface area is 199 Å². The Kier molecular flexibility index (Phi) is 7.10. The molecular weight excluding hydrogens is 468 g/mol. The first kappa shape index (κ1) is 24.7. The summed E-state index contributed by atoms with van der Waals surface area (Å²) in [5, 5.41) is 2.80. The van der Waals surface area contributed by atoms with Crippen LogP contribution in [-0.2, 0) is 11.2 Å². The van der Waals surface area contributed by atoms with E-state index in [9.17, 15) is 22.4 Å². The largest absolute Gasteiger partial charge is 0.481 e. The van der Waals surface area contributed by atoms with Gasteiger partial charge in [-0.2, -0.15) is 0 Å². The highest BCUT2D eigenvalue weighted by Gasteiger charge is 2.44. The summed E-state index contributed by atoms with van der Waals surface area (Å²) >= 11 is 0. The minimum absolute atomic E-state index is 0.0347. The van der Waals surface area contributed by atoms with Crippen molar-refractivity contribution in [3.63, 3.8) is 0 Å². The van der Waals surface area contributed by atoms with Crippen molar-refractivity contribution in [3.05, 3.63) is 48.2 Å². The number of nitrogens with zero attached hydrogens (tertiary/aromatic N) is 4. The maximum atomic E-state index is 13.6. The molecule has 1 amide bonds. The number of carbonyl (C=O) groups excluding carboxylic acids is 1. The molecule has 8 nitrogen and oxygen atoms in total. The first-order valence-electron chi connectivity index (χ1n) is 11.1. The van der Waals surface area contributed by atoms with Gasteiger partial charge in [0.1, 0.15) is 5.75 Å². The number of fused-ring (bicyclic) bond motifs is 1. The standard InChI is InChI=1S/C23H26F4N6O2/c1-23(22(26)27)11-14-9-16(31-21(34)15(12-28)20-29-3-2-4-30-20)17(10-18(14)35-23)33-7-5-32(6-8-33)13-19(24)25/h2-4,9-10,12,19,22H,5-8,11,13,28H2,1H3,(H,31,34). The van der Waals surface area contributed by atoms with E-state index in [-0.39, 0.29) is 24.4 Å². The number of ether oxygens (including phenoxy) is 1. The zero-order valence-corrected chi connectivity index (χ0v) is 19.1. The second kappa shape index (κ2) is 10.1. The van der Waals surface area contributed by atoms with Crippen LogP contribution in [-0.4, -0.2) is 72.0 Å². The Morgan fingerprint density at radius 3 is 2.49 bits per heavy atom. The fraction of sp³-hybridized carbons (Fsp3) is 0.435. The van der Waals surface area contributed by atoms with Crippen LogP contribution in [0.5, 0.6) is 5.75 Å². The zero-order chi connectivity index (χ0) is 25.2. The number of piperazine rings is 1. The van der Waals surface area contributed by atoms with E-state index in [1.165, 1.54) is 19.3 Å². The van der Waals surface area contributed by atoms with Gasteiger partial charge in [0.2, 0.25) is 0 Å². The third-order valence-electron chi connectivity index (χ3n) is 6.10. The predicted octanol–water partition coefficient (Wildman–Crippen LogP) is 2.76. The monoisotopic (exact) mass is 494 g/mol. The second-order valence-electron chi connectivity index (χ2n) is 8.65. The lowest BCUT2D eigenvalue weighted by atomic mass is 9.99. The maximum absolute atomic E-state index is 13.6. The number of anilines is 2. The summed E-state index contributed by atoms with van der Waals surface area (Å²) in [5.41, 5.74) is 5.46. The molecule has 0 saturated carbocycles. The van der Waals surface area contributed by atoms with Gasteiger partial charge in [-0.1, -0.05) is 0 Å². The molecule has 12 heteroatoms. The van der Waals surface area contributed by atoms with Gasteiger partial charge in [-0.15, -0.1) is 0 Å². The first-order valence-corrected chi connectivity index (χ1v) is 11.1. The lowest BCUT2D eigenvalue weighted by Crippen LogP contribution is -2.48. The molecule has 3 heterocycles. The van der Waals surface area contributed by atoms with Crippen molar-refractivity contribution in [2.45, 2.75) is 31.8 Å². The molecule has 1 saturated heterocycles. The van der Waals surface area contributed by atoms with Crippen molar-refractivity contribution in [1.29, 1.82) is 0 Å². The van der Waals surface area contributed by atoms with E-state index in [0.717, 1.165) is 6.20 Å². The molecule has 1 fully saturated rings. The van der Waals surface area contributed by atoms with Gasteiger partial charge in [0.15, 0.2) is 11.4 Å². The third kappa shape index (κ3) is 5.31. The fourth-order valence-electron chi connectivity index (χ4n) is 4.24. The highest BCUT2D eigenvalue weighted by molar-refractivity contribution is 6.24. The second-order valence-corrected chi connectivity index (χ2v) is 8.65. The van der Waals surface area contributed by atoms with E-state index in [2.05, 4.69) is 15.3 Å². The minimum atomic E-state index is -2.71. The van der Waals surface area contributed by atoms with E-state index >= 15 is 0 Å². The number of amides is 1. The molecule has 1 aromatic carbocycles. The van der Waals surface area contributed by atoms with E-state index in [0.29, 0.717) is 48.9 Å². The van der Waals surface area contributed by atoms with Crippen LogP contribution in [0.3, 0.4) is 0 Å². The van der Waals surface area contributed by atoms with Gasteiger partial charge < -0.3 is 20.7 Å². The maximum Gasteiger partial charge on any atom is 0.277 e. The Hall–Kier alpha value is -3.41. The topological polar surface area (TPSA) is 96.6 Å². The Bertz CT molecular complexity index is 1090. The normalized spacial score (nSPS) is 20.8. The van der Waals surface area contributed by atoms with Crippen LogP contribution < -0.4 is 20.7 Å². The van der Waals surface area contributed by atoms with E-state index in [4.69, 9.17) is 10.5 Å². The number of alkyl halides is 4. The highest BCUT2D eigenvalue weighted by atomic mass is 19.3. The van der Waals surface area contributed by atoms with Crippen molar-refractivity contribution in [2.75, 3.05) is 42.9 Å². The number of rotatable bonds is 7. The van der Waals surface area contributed by atoms with E-state index in [1.54, 1.807) is 23.1 Å². The first-order chi connectivity index (χ1) is 16.7. The van der Waals surface area contributed by atoms with Gasteiger partial charge in [-0.3, -0.25) is 9.69 Å². The molecule has 1 atom stereocenters. The average Bonchev–Trinajstić information content (AvgIpc) is 3.16. The summed E-state index contributed by atoms with van der Waals surface area (Å²) < 4.78 is 58.4. The molecule has 1 aromatic heterocycles. The molecule has 2 aliphatic heterocycles. The Morgan fingerprint density at radius 2 is 1.89 bits per heavy atom. The van der Waals surface area contributed by atoms with Crippen LogP contribution >= 0.6 is 0 Å². The van der Waals surface area contributed by atoms with Crippen LogP contribution in [0.2, 0.25) is 0 Å². The van der Waals surface area contributed by atoms with E-state index in [1.807, 2.05) is 4.90 Å². The summed E-state index contributed by atoms with van der Waals surface area (Å²) in [6, 6.07) is 4.83. The SMILES string of the molecule is CC1(C(F)F)Cc2cc(NC(=O)C(=CN)c3ncccn3)c(N3CCN(CC(F)F)CC3)cc2O1. The van der Waals surface area contributed by atoms with Crippen molar-refractivity contribution >= 4 is 22.9 Å². The van der Waals surface area contributed by atoms with Crippen LogP contribution in [0, 0.1) is 0 Å². The van der Waals surface area contributed by atoms with Gasteiger partial charge in [0, 0.05) is 62.8 Å². The molecule has 2 aliphatic rings. The third-order valence-corrected chi connectivity index (χ3v) is 6.10. The number of hydrogen-bond donors (Lipinski definition) is 2. The van der Waals surface area contributed by atoms with Crippen molar-refractivity contribution in [1.82, 2.24) is 14.9 Å². The predicted molar refractivity (Wildman–Crippen MR) is 123 cm³/mol. The minimum Gasteiger partial charge on any atom is -0.481 e. The molecule has 0 bridgehead atoms. The van der Waals surface area contributed by atoms with Crippen LogP contribution in [0.4, 0.5) is 28.9 Å². The highest BCUT2D eigenvalue weighted by Crippen LogP contribution is 2.44. The number of halogens is 4. The molecule has 2 aromatic rings. The van der Waals surface area contributed by atoms with Gasteiger partial charge in [-0.05, 0) is 19.1 Å². The lowest BCUT2D eigenvalue weighted by Gasteiger charge is -2.37. The molecular formula is C23H26F4N6O2. The Morgan fingerprint density at radius 1 is 1.20 bits per heavy atom. The summed E-state index contributed by atoms with van der Waals surface area (Å²) in [6.07, 6.45) is -1.14. The molecule has 3 N–H and O–H groups in total. The summed E-state index contributed by atoms with van der Waals surface area (Å²) in [6.45, 7) is 2.59. The van der Waals surface area contributed by atoms with Crippen molar-refractivity contribution in [2.24, 2.45) is 5.73 Å². The summed E-state index contributed by atoms with van der Waals surface area (Å²) in [7, 11) is 0.